The van der Waals surface area contributed by atoms with E-state index in [1.54, 1.807) is 6.92 Å². The molecule has 4 heteroatoms. The van der Waals surface area contributed by atoms with Crippen LogP contribution in [0.2, 0.25) is 0 Å². The van der Waals surface area contributed by atoms with Crippen LogP contribution in [0, 0.1) is 23.2 Å². The summed E-state index contributed by atoms with van der Waals surface area (Å²) in [6, 6.07) is 2.08. The summed E-state index contributed by atoms with van der Waals surface area (Å²) < 4.78 is 0. The van der Waals surface area contributed by atoms with E-state index in [1.165, 1.54) is 0 Å². The molecule has 0 spiro atoms. The normalized spacial score (nSPS) is 17.1. The lowest BCUT2D eigenvalue weighted by atomic mass is 10.0. The first-order valence-corrected chi connectivity index (χ1v) is 4.72. The molecule has 80 valence electrons. The summed E-state index contributed by atoms with van der Waals surface area (Å²) in [5.74, 6) is -1.27. The van der Waals surface area contributed by atoms with Gasteiger partial charge in [0, 0.05) is 12.6 Å². The molecule has 14 heavy (non-hydrogen) atoms. The Balaban J connectivity index is 4.19. The van der Waals surface area contributed by atoms with E-state index in [9.17, 15) is 4.79 Å². The highest BCUT2D eigenvalue weighted by molar-refractivity contribution is 5.70. The van der Waals surface area contributed by atoms with Crippen molar-refractivity contribution < 1.29 is 9.90 Å². The largest absolute Gasteiger partial charge is 0.481 e. The first-order chi connectivity index (χ1) is 6.40. The Hall–Kier alpha value is -1.08. The molecule has 0 rings (SSSR count). The molecule has 4 nitrogen and oxygen atoms in total. The van der Waals surface area contributed by atoms with Crippen molar-refractivity contribution in [2.45, 2.75) is 26.8 Å². The van der Waals surface area contributed by atoms with Crippen molar-refractivity contribution in [1.82, 2.24) is 4.90 Å². The summed E-state index contributed by atoms with van der Waals surface area (Å²) in [4.78, 5) is 12.6. The number of nitrogens with zero attached hydrogens (tertiary/aromatic N) is 2. The fraction of sp³-hybridized carbons (Fsp3) is 0.800. The van der Waals surface area contributed by atoms with Gasteiger partial charge in [0.15, 0.2) is 0 Å². The third kappa shape index (κ3) is 3.75. The summed E-state index contributed by atoms with van der Waals surface area (Å²) in [5.41, 5.74) is 0. The van der Waals surface area contributed by atoms with E-state index in [1.807, 2.05) is 25.8 Å². The molecular weight excluding hydrogens is 180 g/mol. The molecular formula is C10H18N2O2. The molecule has 0 amide bonds. The maximum atomic E-state index is 10.7. The Bertz CT molecular complexity index is 235. The molecule has 0 radical (unpaired) electrons. The molecule has 0 aliphatic heterocycles. The van der Waals surface area contributed by atoms with Crippen LogP contribution in [-0.4, -0.2) is 35.6 Å². The van der Waals surface area contributed by atoms with Gasteiger partial charge in [-0.1, -0.05) is 6.92 Å². The molecule has 1 N–H and O–H groups in total. The van der Waals surface area contributed by atoms with Gasteiger partial charge in [0.2, 0.25) is 0 Å². The summed E-state index contributed by atoms with van der Waals surface area (Å²) in [7, 11) is 1.85. The lowest BCUT2D eigenvalue weighted by molar-refractivity contribution is -0.143. The molecule has 3 atom stereocenters. The van der Waals surface area contributed by atoms with Crippen molar-refractivity contribution in [3.05, 3.63) is 0 Å². The summed E-state index contributed by atoms with van der Waals surface area (Å²) in [6.45, 7) is 5.98. The van der Waals surface area contributed by atoms with Gasteiger partial charge < -0.3 is 10.0 Å². The Morgan fingerprint density at radius 1 is 1.50 bits per heavy atom. The van der Waals surface area contributed by atoms with Crippen LogP contribution in [0.3, 0.4) is 0 Å². The van der Waals surface area contributed by atoms with Gasteiger partial charge in [0.05, 0.1) is 17.9 Å². The molecule has 0 aliphatic rings. The van der Waals surface area contributed by atoms with Gasteiger partial charge in [-0.3, -0.25) is 4.79 Å². The molecule has 0 saturated carbocycles. The average Bonchev–Trinajstić information content (AvgIpc) is 2.14. The number of hydrogen-bond acceptors (Lipinski definition) is 3. The van der Waals surface area contributed by atoms with Crippen molar-refractivity contribution in [3.63, 3.8) is 0 Å². The van der Waals surface area contributed by atoms with E-state index in [-0.39, 0.29) is 12.0 Å². The van der Waals surface area contributed by atoms with E-state index in [0.29, 0.717) is 6.54 Å². The molecule has 0 aromatic heterocycles. The number of nitriles is 1. The molecule has 0 aliphatic carbocycles. The van der Waals surface area contributed by atoms with Crippen LogP contribution in [0.5, 0.6) is 0 Å². The average molecular weight is 198 g/mol. The lowest BCUT2D eigenvalue weighted by Crippen LogP contribution is -2.39. The third-order valence-electron chi connectivity index (χ3n) is 2.59. The highest BCUT2D eigenvalue weighted by atomic mass is 16.4. The molecule has 0 aromatic rings. The van der Waals surface area contributed by atoms with Crippen LogP contribution in [0.15, 0.2) is 0 Å². The standard InChI is InChI=1S/C10H18N2O2/c1-7(5-11)6-12(4)9(3)8(2)10(13)14/h7-9H,6H2,1-4H3,(H,13,14). The van der Waals surface area contributed by atoms with Gasteiger partial charge >= 0.3 is 5.97 Å². The Labute approximate surface area is 85.1 Å². The zero-order chi connectivity index (χ0) is 11.3. The fourth-order valence-corrected chi connectivity index (χ4v) is 1.23. The molecule has 0 heterocycles. The zero-order valence-corrected chi connectivity index (χ0v) is 9.19. The van der Waals surface area contributed by atoms with Crippen LogP contribution in [0.25, 0.3) is 0 Å². The van der Waals surface area contributed by atoms with Gasteiger partial charge in [-0.05, 0) is 20.9 Å². The summed E-state index contributed by atoms with van der Waals surface area (Å²) in [6.07, 6.45) is 0. The number of aliphatic carboxylic acids is 1. The van der Waals surface area contributed by atoms with E-state index >= 15 is 0 Å². The van der Waals surface area contributed by atoms with Gasteiger partial charge in [0.1, 0.15) is 0 Å². The SMILES string of the molecule is CC(C#N)CN(C)C(C)C(C)C(=O)O. The van der Waals surface area contributed by atoms with Crippen molar-refractivity contribution in [3.8, 4) is 6.07 Å². The van der Waals surface area contributed by atoms with Crippen LogP contribution in [-0.2, 0) is 4.79 Å². The highest BCUT2D eigenvalue weighted by Gasteiger charge is 2.23. The Kier molecular flexibility index (Phi) is 5.18. The first-order valence-electron chi connectivity index (χ1n) is 4.72. The van der Waals surface area contributed by atoms with Crippen LogP contribution in [0.4, 0.5) is 0 Å². The second-order valence-corrected chi connectivity index (χ2v) is 3.84. The van der Waals surface area contributed by atoms with Gasteiger partial charge in [0.25, 0.3) is 0 Å². The third-order valence-corrected chi connectivity index (χ3v) is 2.59. The lowest BCUT2D eigenvalue weighted by Gasteiger charge is -2.28. The molecule has 0 saturated heterocycles. The summed E-state index contributed by atoms with van der Waals surface area (Å²) in [5, 5.41) is 17.4. The highest BCUT2D eigenvalue weighted by Crippen LogP contribution is 2.11. The van der Waals surface area contributed by atoms with E-state index in [2.05, 4.69) is 6.07 Å². The molecule has 0 fully saturated rings. The predicted octanol–water partition coefficient (Wildman–Crippen LogP) is 1.19. The van der Waals surface area contributed by atoms with E-state index in [0.717, 1.165) is 0 Å². The minimum atomic E-state index is -0.797. The number of hydrogen-bond donors (Lipinski definition) is 1. The van der Waals surface area contributed by atoms with Crippen LogP contribution < -0.4 is 0 Å². The number of carboxylic acid groups (broad SMARTS) is 1. The maximum absolute atomic E-state index is 10.7. The van der Waals surface area contributed by atoms with Crippen molar-refractivity contribution in [1.29, 1.82) is 5.26 Å². The second-order valence-electron chi connectivity index (χ2n) is 3.84. The van der Waals surface area contributed by atoms with Gasteiger partial charge in [-0.2, -0.15) is 5.26 Å². The smallest absolute Gasteiger partial charge is 0.307 e. The monoisotopic (exact) mass is 198 g/mol. The minimum Gasteiger partial charge on any atom is -0.481 e. The molecule has 0 aromatic carbocycles. The zero-order valence-electron chi connectivity index (χ0n) is 9.19. The first kappa shape index (κ1) is 12.9. The minimum absolute atomic E-state index is 0.0525. The molecule has 3 unspecified atom stereocenters. The van der Waals surface area contributed by atoms with Crippen molar-refractivity contribution in [2.75, 3.05) is 13.6 Å². The number of carboxylic acids is 1. The number of rotatable bonds is 5. The number of carbonyl (C=O) groups is 1. The molecule has 0 bridgehead atoms. The van der Waals surface area contributed by atoms with E-state index in [4.69, 9.17) is 10.4 Å². The van der Waals surface area contributed by atoms with Crippen LogP contribution in [0.1, 0.15) is 20.8 Å². The van der Waals surface area contributed by atoms with Gasteiger partial charge in [-0.25, -0.2) is 0 Å². The fourth-order valence-electron chi connectivity index (χ4n) is 1.23. The predicted molar refractivity (Wildman–Crippen MR) is 53.7 cm³/mol. The van der Waals surface area contributed by atoms with Gasteiger partial charge in [-0.15, -0.1) is 0 Å². The van der Waals surface area contributed by atoms with Crippen molar-refractivity contribution >= 4 is 5.97 Å². The van der Waals surface area contributed by atoms with Crippen molar-refractivity contribution in [2.24, 2.45) is 11.8 Å². The maximum Gasteiger partial charge on any atom is 0.307 e. The Morgan fingerprint density at radius 3 is 2.36 bits per heavy atom. The topological polar surface area (TPSA) is 64.3 Å². The quantitative estimate of drug-likeness (QED) is 0.720. The Morgan fingerprint density at radius 2 is 2.00 bits per heavy atom. The van der Waals surface area contributed by atoms with Crippen LogP contribution >= 0.6 is 0 Å². The van der Waals surface area contributed by atoms with E-state index < -0.39 is 11.9 Å². The summed E-state index contributed by atoms with van der Waals surface area (Å²) >= 11 is 0. The second kappa shape index (κ2) is 5.61.